The average Bonchev–Trinajstić information content (AvgIpc) is 2.49. The molecule has 0 fully saturated rings. The lowest BCUT2D eigenvalue weighted by Gasteiger charge is -2.28. The zero-order valence-corrected chi connectivity index (χ0v) is 11.6. The Labute approximate surface area is 122 Å². The molecule has 6 heteroatoms. The molecule has 1 aliphatic heterocycles. The normalized spacial score (nSPS) is 13.2. The highest BCUT2D eigenvalue weighted by Gasteiger charge is 2.23. The van der Waals surface area contributed by atoms with E-state index in [2.05, 4.69) is 6.58 Å². The number of fused-ring (bicyclic) bond motifs is 1. The van der Waals surface area contributed by atoms with Crippen molar-refractivity contribution in [2.24, 2.45) is 0 Å². The summed E-state index contributed by atoms with van der Waals surface area (Å²) in [7, 11) is 0. The van der Waals surface area contributed by atoms with Crippen LogP contribution in [0, 0.1) is 0 Å². The van der Waals surface area contributed by atoms with E-state index < -0.39 is 12.1 Å². The maximum Gasteiger partial charge on any atom is 0.414 e. The SMILES string of the molecule is C=CCOC(=O)N1CCCc2cc(OCC(=O)O)ccc21. The summed E-state index contributed by atoms with van der Waals surface area (Å²) >= 11 is 0. The van der Waals surface area contributed by atoms with Crippen molar-refractivity contribution in [1.29, 1.82) is 0 Å². The Bertz CT molecular complexity index is 555. The highest BCUT2D eigenvalue weighted by molar-refractivity contribution is 5.89. The van der Waals surface area contributed by atoms with E-state index in [9.17, 15) is 9.59 Å². The molecule has 0 unspecified atom stereocenters. The zero-order chi connectivity index (χ0) is 15.2. The van der Waals surface area contributed by atoms with Crippen LogP contribution in [0.2, 0.25) is 0 Å². The second-order valence-corrected chi connectivity index (χ2v) is 4.59. The topological polar surface area (TPSA) is 76.1 Å². The van der Waals surface area contributed by atoms with Gasteiger partial charge in [0.05, 0.1) is 5.69 Å². The highest BCUT2D eigenvalue weighted by atomic mass is 16.6. The lowest BCUT2D eigenvalue weighted by molar-refractivity contribution is -0.139. The van der Waals surface area contributed by atoms with Crippen LogP contribution in [-0.4, -0.2) is 36.9 Å². The molecule has 0 aromatic heterocycles. The molecule has 0 saturated carbocycles. The molecule has 1 aromatic rings. The largest absolute Gasteiger partial charge is 0.482 e. The van der Waals surface area contributed by atoms with Crippen LogP contribution in [0.25, 0.3) is 0 Å². The van der Waals surface area contributed by atoms with Gasteiger partial charge in [0.15, 0.2) is 6.61 Å². The fourth-order valence-corrected chi connectivity index (χ4v) is 2.21. The number of hydrogen-bond donors (Lipinski definition) is 1. The van der Waals surface area contributed by atoms with E-state index in [1.54, 1.807) is 23.1 Å². The van der Waals surface area contributed by atoms with E-state index in [4.69, 9.17) is 14.6 Å². The fraction of sp³-hybridized carbons (Fsp3) is 0.333. The molecular formula is C15H17NO5. The van der Waals surface area contributed by atoms with Crippen molar-refractivity contribution in [1.82, 2.24) is 0 Å². The molecule has 1 amide bonds. The molecule has 1 heterocycles. The van der Waals surface area contributed by atoms with Gasteiger partial charge in [0.25, 0.3) is 0 Å². The van der Waals surface area contributed by atoms with Gasteiger partial charge in [-0.15, -0.1) is 0 Å². The molecule has 0 bridgehead atoms. The van der Waals surface area contributed by atoms with E-state index >= 15 is 0 Å². The number of hydrogen-bond acceptors (Lipinski definition) is 4. The number of aryl methyl sites for hydroxylation is 1. The van der Waals surface area contributed by atoms with Crippen molar-refractivity contribution >= 4 is 17.7 Å². The number of benzene rings is 1. The number of nitrogens with zero attached hydrogens (tertiary/aromatic N) is 1. The Balaban J connectivity index is 2.14. The van der Waals surface area contributed by atoms with Crippen LogP contribution < -0.4 is 9.64 Å². The summed E-state index contributed by atoms with van der Waals surface area (Å²) in [6.45, 7) is 3.89. The first-order valence-corrected chi connectivity index (χ1v) is 6.64. The first kappa shape index (κ1) is 14.9. The van der Waals surface area contributed by atoms with Gasteiger partial charge in [0, 0.05) is 6.54 Å². The molecule has 0 radical (unpaired) electrons. The Hall–Kier alpha value is -2.50. The van der Waals surface area contributed by atoms with Crippen LogP contribution in [-0.2, 0) is 16.0 Å². The first-order chi connectivity index (χ1) is 10.1. The van der Waals surface area contributed by atoms with E-state index in [1.165, 1.54) is 6.08 Å². The van der Waals surface area contributed by atoms with Gasteiger partial charge in [0.2, 0.25) is 0 Å². The molecule has 21 heavy (non-hydrogen) atoms. The standard InChI is InChI=1S/C15H17NO5/c1-2-8-20-15(19)16-7-3-4-11-9-12(5-6-13(11)16)21-10-14(17)18/h2,5-6,9H,1,3-4,7-8,10H2,(H,17,18). The molecule has 2 rings (SSSR count). The number of carbonyl (C=O) groups excluding carboxylic acids is 1. The first-order valence-electron chi connectivity index (χ1n) is 6.64. The number of aliphatic carboxylic acids is 1. The van der Waals surface area contributed by atoms with E-state index in [-0.39, 0.29) is 13.2 Å². The van der Waals surface area contributed by atoms with Crippen molar-refractivity contribution in [2.75, 3.05) is 24.7 Å². The monoisotopic (exact) mass is 291 g/mol. The second kappa shape index (κ2) is 6.78. The average molecular weight is 291 g/mol. The van der Waals surface area contributed by atoms with Gasteiger partial charge in [-0.1, -0.05) is 12.7 Å². The minimum atomic E-state index is -1.03. The molecule has 1 N–H and O–H groups in total. The van der Waals surface area contributed by atoms with Crippen molar-refractivity contribution in [2.45, 2.75) is 12.8 Å². The summed E-state index contributed by atoms with van der Waals surface area (Å²) in [4.78, 5) is 24.0. The number of carbonyl (C=O) groups is 2. The van der Waals surface area contributed by atoms with Gasteiger partial charge < -0.3 is 14.6 Å². The van der Waals surface area contributed by atoms with Crippen LogP contribution in [0.5, 0.6) is 5.75 Å². The quantitative estimate of drug-likeness (QED) is 0.842. The molecule has 0 saturated heterocycles. The second-order valence-electron chi connectivity index (χ2n) is 4.59. The summed E-state index contributed by atoms with van der Waals surface area (Å²) in [6.07, 6.45) is 2.74. The molecule has 1 aromatic carbocycles. The van der Waals surface area contributed by atoms with Crippen LogP contribution in [0.4, 0.5) is 10.5 Å². The maximum absolute atomic E-state index is 12.0. The minimum absolute atomic E-state index is 0.171. The minimum Gasteiger partial charge on any atom is -0.482 e. The molecule has 112 valence electrons. The summed E-state index contributed by atoms with van der Waals surface area (Å²) in [5.74, 6) is -0.542. The summed E-state index contributed by atoms with van der Waals surface area (Å²) in [6, 6.07) is 5.17. The van der Waals surface area contributed by atoms with Crippen LogP contribution in [0.1, 0.15) is 12.0 Å². The third-order valence-corrected chi connectivity index (χ3v) is 3.08. The molecule has 0 aliphatic carbocycles. The summed E-state index contributed by atoms with van der Waals surface area (Å²) in [5.41, 5.74) is 1.72. The smallest absolute Gasteiger partial charge is 0.414 e. The number of rotatable bonds is 5. The zero-order valence-electron chi connectivity index (χ0n) is 11.6. The van der Waals surface area contributed by atoms with Crippen molar-refractivity contribution < 1.29 is 24.2 Å². The summed E-state index contributed by atoms with van der Waals surface area (Å²) in [5, 5.41) is 8.61. The highest BCUT2D eigenvalue weighted by Crippen LogP contribution is 2.31. The van der Waals surface area contributed by atoms with Crippen LogP contribution in [0.15, 0.2) is 30.9 Å². The van der Waals surface area contributed by atoms with Crippen molar-refractivity contribution in [3.8, 4) is 5.75 Å². The van der Waals surface area contributed by atoms with E-state index in [0.717, 1.165) is 24.1 Å². The predicted octanol–water partition coefficient (Wildman–Crippen LogP) is 2.23. The molecule has 0 atom stereocenters. The Morgan fingerprint density at radius 3 is 2.95 bits per heavy atom. The van der Waals surface area contributed by atoms with Crippen molar-refractivity contribution in [3.63, 3.8) is 0 Å². The number of amides is 1. The van der Waals surface area contributed by atoms with Gasteiger partial charge in [0.1, 0.15) is 12.4 Å². The fourth-order valence-electron chi connectivity index (χ4n) is 2.21. The van der Waals surface area contributed by atoms with E-state index in [0.29, 0.717) is 12.3 Å². The molecular weight excluding hydrogens is 274 g/mol. The third kappa shape index (κ3) is 3.75. The van der Waals surface area contributed by atoms with Crippen molar-refractivity contribution in [3.05, 3.63) is 36.4 Å². The van der Waals surface area contributed by atoms with Crippen LogP contribution in [0.3, 0.4) is 0 Å². The van der Waals surface area contributed by atoms with Gasteiger partial charge in [-0.3, -0.25) is 4.90 Å². The molecule has 0 spiro atoms. The Kier molecular flexibility index (Phi) is 4.81. The predicted molar refractivity (Wildman–Crippen MR) is 76.8 cm³/mol. The summed E-state index contributed by atoms with van der Waals surface area (Å²) < 4.78 is 10.2. The van der Waals surface area contributed by atoms with E-state index in [1.807, 2.05) is 0 Å². The van der Waals surface area contributed by atoms with Gasteiger partial charge >= 0.3 is 12.1 Å². The van der Waals surface area contributed by atoms with Crippen LogP contribution >= 0.6 is 0 Å². The number of anilines is 1. The number of ether oxygens (including phenoxy) is 2. The lowest BCUT2D eigenvalue weighted by Crippen LogP contribution is -2.36. The third-order valence-electron chi connectivity index (χ3n) is 3.08. The molecule has 1 aliphatic rings. The number of carboxylic acid groups (broad SMARTS) is 1. The van der Waals surface area contributed by atoms with Gasteiger partial charge in [-0.25, -0.2) is 9.59 Å². The number of carboxylic acids is 1. The van der Waals surface area contributed by atoms with Gasteiger partial charge in [-0.2, -0.15) is 0 Å². The van der Waals surface area contributed by atoms with Gasteiger partial charge in [-0.05, 0) is 36.6 Å². The maximum atomic E-state index is 12.0. The lowest BCUT2D eigenvalue weighted by atomic mass is 10.0. The Morgan fingerprint density at radius 1 is 1.43 bits per heavy atom. The Morgan fingerprint density at radius 2 is 2.24 bits per heavy atom. The molecule has 6 nitrogen and oxygen atoms in total.